The molecule has 0 radical (unpaired) electrons. The maximum absolute atomic E-state index is 5.91. The van der Waals surface area contributed by atoms with E-state index in [0.29, 0.717) is 12.6 Å². The molecule has 0 spiro atoms. The maximum atomic E-state index is 5.91. The van der Waals surface area contributed by atoms with Crippen LogP contribution in [0.5, 0.6) is 11.5 Å². The predicted octanol–water partition coefficient (Wildman–Crippen LogP) is 2.24. The Labute approximate surface area is 115 Å². The molecule has 1 atom stereocenters. The Kier molecular flexibility index (Phi) is 5.05. The number of ether oxygens (including phenoxy) is 2. The van der Waals surface area contributed by atoms with Crippen LogP contribution in [0.25, 0.3) is 0 Å². The van der Waals surface area contributed by atoms with E-state index in [-0.39, 0.29) is 6.04 Å². The van der Waals surface area contributed by atoms with E-state index in [2.05, 4.69) is 11.4 Å². The molecule has 3 N–H and O–H groups in total. The molecule has 106 valence electrons. The van der Waals surface area contributed by atoms with E-state index in [0.717, 1.165) is 17.1 Å². The van der Waals surface area contributed by atoms with Gasteiger partial charge >= 0.3 is 0 Å². The molecule has 1 aliphatic carbocycles. The molecular formula is C15H24N2O2. The highest BCUT2D eigenvalue weighted by molar-refractivity contribution is 5.43. The normalized spacial score (nSPS) is 17.4. The van der Waals surface area contributed by atoms with Crippen LogP contribution < -0.4 is 20.5 Å². The average molecular weight is 264 g/mol. The highest BCUT2D eigenvalue weighted by Gasteiger charge is 2.20. The molecule has 1 aromatic rings. The van der Waals surface area contributed by atoms with Crippen LogP contribution in [0.15, 0.2) is 18.2 Å². The van der Waals surface area contributed by atoms with Gasteiger partial charge in [0.05, 0.1) is 14.2 Å². The first-order valence-electron chi connectivity index (χ1n) is 6.96. The van der Waals surface area contributed by atoms with Crippen molar-refractivity contribution in [1.29, 1.82) is 0 Å². The van der Waals surface area contributed by atoms with Crippen LogP contribution in [0.1, 0.15) is 37.3 Å². The summed E-state index contributed by atoms with van der Waals surface area (Å²) in [6, 6.07) is 6.79. The van der Waals surface area contributed by atoms with Crippen molar-refractivity contribution in [3.63, 3.8) is 0 Å². The van der Waals surface area contributed by atoms with Crippen molar-refractivity contribution >= 4 is 0 Å². The number of rotatable bonds is 6. The first-order valence-corrected chi connectivity index (χ1v) is 6.96. The minimum absolute atomic E-state index is 0.183. The summed E-state index contributed by atoms with van der Waals surface area (Å²) in [5.41, 5.74) is 7.07. The standard InChI is InChI=1S/C15H24N2O2/c1-18-14-8-7-11(9-15(14)19-2)13(10-16)17-12-5-3-4-6-12/h7-9,12-13,17H,3-6,10,16H2,1-2H3. The van der Waals surface area contributed by atoms with Gasteiger partial charge in [0.2, 0.25) is 0 Å². The van der Waals surface area contributed by atoms with Gasteiger partial charge in [-0.05, 0) is 30.5 Å². The molecule has 0 amide bonds. The van der Waals surface area contributed by atoms with Gasteiger partial charge in [-0.15, -0.1) is 0 Å². The summed E-state index contributed by atoms with van der Waals surface area (Å²) >= 11 is 0. The second-order valence-electron chi connectivity index (χ2n) is 5.05. The third-order valence-corrected chi connectivity index (χ3v) is 3.84. The van der Waals surface area contributed by atoms with Gasteiger partial charge < -0.3 is 20.5 Å². The SMILES string of the molecule is COc1ccc(C(CN)NC2CCCC2)cc1OC. The highest BCUT2D eigenvalue weighted by atomic mass is 16.5. The second-order valence-corrected chi connectivity index (χ2v) is 5.05. The monoisotopic (exact) mass is 264 g/mol. The number of nitrogens with two attached hydrogens (primary N) is 1. The molecule has 1 aromatic carbocycles. The van der Waals surface area contributed by atoms with E-state index in [1.54, 1.807) is 14.2 Å². The lowest BCUT2D eigenvalue weighted by atomic mass is 10.0. The van der Waals surface area contributed by atoms with Gasteiger partial charge in [0, 0.05) is 18.6 Å². The summed E-state index contributed by atoms with van der Waals surface area (Å²) in [5, 5.41) is 3.65. The lowest BCUT2D eigenvalue weighted by Gasteiger charge is -2.23. The topological polar surface area (TPSA) is 56.5 Å². The van der Waals surface area contributed by atoms with Crippen LogP contribution in [0.3, 0.4) is 0 Å². The molecule has 1 saturated carbocycles. The lowest BCUT2D eigenvalue weighted by Crippen LogP contribution is -2.35. The molecular weight excluding hydrogens is 240 g/mol. The first-order chi connectivity index (χ1) is 9.28. The lowest BCUT2D eigenvalue weighted by molar-refractivity contribution is 0.353. The third kappa shape index (κ3) is 3.39. The molecule has 0 aromatic heterocycles. The quantitative estimate of drug-likeness (QED) is 0.827. The van der Waals surface area contributed by atoms with Crippen molar-refractivity contribution in [2.24, 2.45) is 5.73 Å². The summed E-state index contributed by atoms with van der Waals surface area (Å²) in [6.07, 6.45) is 5.15. The summed E-state index contributed by atoms with van der Waals surface area (Å²) in [7, 11) is 3.30. The number of nitrogens with one attached hydrogen (secondary N) is 1. The first kappa shape index (κ1) is 14.2. The number of benzene rings is 1. The van der Waals surface area contributed by atoms with Crippen molar-refractivity contribution in [3.05, 3.63) is 23.8 Å². The van der Waals surface area contributed by atoms with Gasteiger partial charge in [0.1, 0.15) is 0 Å². The van der Waals surface area contributed by atoms with Crippen molar-refractivity contribution in [3.8, 4) is 11.5 Å². The molecule has 0 heterocycles. The van der Waals surface area contributed by atoms with Gasteiger partial charge in [0.25, 0.3) is 0 Å². The zero-order valence-corrected chi connectivity index (χ0v) is 11.8. The van der Waals surface area contributed by atoms with Gasteiger partial charge in [-0.3, -0.25) is 0 Å². The van der Waals surface area contributed by atoms with Crippen molar-refractivity contribution < 1.29 is 9.47 Å². The van der Waals surface area contributed by atoms with Crippen molar-refractivity contribution in [2.45, 2.75) is 37.8 Å². The second kappa shape index (κ2) is 6.78. The molecule has 19 heavy (non-hydrogen) atoms. The van der Waals surface area contributed by atoms with Gasteiger partial charge in [-0.25, -0.2) is 0 Å². The van der Waals surface area contributed by atoms with Gasteiger partial charge in [-0.1, -0.05) is 18.9 Å². The number of methoxy groups -OCH3 is 2. The minimum Gasteiger partial charge on any atom is -0.493 e. The maximum Gasteiger partial charge on any atom is 0.161 e. The fourth-order valence-electron chi connectivity index (χ4n) is 2.75. The van der Waals surface area contributed by atoms with Crippen molar-refractivity contribution in [1.82, 2.24) is 5.32 Å². The summed E-state index contributed by atoms with van der Waals surface area (Å²) in [6.45, 7) is 0.589. The van der Waals surface area contributed by atoms with E-state index in [1.165, 1.54) is 25.7 Å². The van der Waals surface area contributed by atoms with Crippen LogP contribution in [0, 0.1) is 0 Å². The number of hydrogen-bond acceptors (Lipinski definition) is 4. The zero-order valence-electron chi connectivity index (χ0n) is 11.8. The summed E-state index contributed by atoms with van der Waals surface area (Å²) in [4.78, 5) is 0. The van der Waals surface area contributed by atoms with Crippen LogP contribution in [0.4, 0.5) is 0 Å². The minimum atomic E-state index is 0.183. The predicted molar refractivity (Wildman–Crippen MR) is 76.7 cm³/mol. The Morgan fingerprint density at radius 1 is 1.21 bits per heavy atom. The Balaban J connectivity index is 2.12. The van der Waals surface area contributed by atoms with E-state index in [4.69, 9.17) is 15.2 Å². The van der Waals surface area contributed by atoms with Crippen molar-refractivity contribution in [2.75, 3.05) is 20.8 Å². The molecule has 1 unspecified atom stereocenters. The van der Waals surface area contributed by atoms with E-state index in [1.807, 2.05) is 12.1 Å². The Morgan fingerprint density at radius 3 is 2.47 bits per heavy atom. The Morgan fingerprint density at radius 2 is 1.89 bits per heavy atom. The molecule has 0 saturated heterocycles. The van der Waals surface area contributed by atoms with Gasteiger partial charge in [-0.2, -0.15) is 0 Å². The van der Waals surface area contributed by atoms with E-state index < -0.39 is 0 Å². The smallest absolute Gasteiger partial charge is 0.161 e. The molecule has 1 aliphatic rings. The largest absolute Gasteiger partial charge is 0.493 e. The van der Waals surface area contributed by atoms with E-state index >= 15 is 0 Å². The summed E-state index contributed by atoms with van der Waals surface area (Å²) < 4.78 is 10.6. The number of hydrogen-bond donors (Lipinski definition) is 2. The molecule has 2 rings (SSSR count). The third-order valence-electron chi connectivity index (χ3n) is 3.84. The molecule has 4 nitrogen and oxygen atoms in total. The Hall–Kier alpha value is -1.26. The van der Waals surface area contributed by atoms with Crippen LogP contribution in [-0.2, 0) is 0 Å². The fourth-order valence-corrected chi connectivity index (χ4v) is 2.75. The zero-order chi connectivity index (χ0) is 13.7. The highest BCUT2D eigenvalue weighted by Crippen LogP contribution is 2.30. The molecule has 1 fully saturated rings. The van der Waals surface area contributed by atoms with Crippen LogP contribution >= 0.6 is 0 Å². The van der Waals surface area contributed by atoms with Crippen LogP contribution in [0.2, 0.25) is 0 Å². The Bertz CT molecular complexity index is 403. The fraction of sp³-hybridized carbons (Fsp3) is 0.600. The van der Waals surface area contributed by atoms with Crippen LogP contribution in [-0.4, -0.2) is 26.8 Å². The van der Waals surface area contributed by atoms with E-state index in [9.17, 15) is 0 Å². The van der Waals surface area contributed by atoms with Gasteiger partial charge in [0.15, 0.2) is 11.5 Å². The molecule has 0 aliphatic heterocycles. The molecule has 0 bridgehead atoms. The molecule has 4 heteroatoms. The summed E-state index contributed by atoms with van der Waals surface area (Å²) in [5.74, 6) is 1.51. The average Bonchev–Trinajstić information content (AvgIpc) is 2.97.